The van der Waals surface area contributed by atoms with E-state index in [0.29, 0.717) is 36.1 Å². The van der Waals surface area contributed by atoms with Crippen molar-refractivity contribution in [3.05, 3.63) is 59.2 Å². The Hall–Kier alpha value is -2.53. The molecule has 28 heavy (non-hydrogen) atoms. The summed E-state index contributed by atoms with van der Waals surface area (Å²) >= 11 is 0. The minimum absolute atomic E-state index is 0.00131. The van der Waals surface area contributed by atoms with Gasteiger partial charge in [-0.15, -0.1) is 0 Å². The largest absolute Gasteiger partial charge is 0.493 e. The Kier molecular flexibility index (Phi) is 6.93. The molecule has 150 valence electrons. The number of amides is 1. The number of hydrogen-bond acceptors (Lipinski definition) is 4. The lowest BCUT2D eigenvalue weighted by atomic mass is 9.91. The van der Waals surface area contributed by atoms with Crippen molar-refractivity contribution in [1.29, 1.82) is 0 Å². The van der Waals surface area contributed by atoms with Gasteiger partial charge in [-0.1, -0.05) is 24.3 Å². The lowest BCUT2D eigenvalue weighted by Gasteiger charge is -2.24. The van der Waals surface area contributed by atoms with Crippen LogP contribution in [0.25, 0.3) is 0 Å². The molecule has 0 bridgehead atoms. The second kappa shape index (κ2) is 9.60. The SMILES string of the molecule is CCOc1c(CN(C)C(=O)c2ccc(C3CCCNC3)cc2)cccc1OC. The summed E-state index contributed by atoms with van der Waals surface area (Å²) in [6, 6.07) is 13.8. The fourth-order valence-electron chi connectivity index (χ4n) is 3.74. The third-order valence-electron chi connectivity index (χ3n) is 5.25. The summed E-state index contributed by atoms with van der Waals surface area (Å²) in [5.41, 5.74) is 2.94. The van der Waals surface area contributed by atoms with Crippen molar-refractivity contribution < 1.29 is 14.3 Å². The van der Waals surface area contributed by atoms with Crippen molar-refractivity contribution in [3.63, 3.8) is 0 Å². The molecule has 0 spiro atoms. The standard InChI is InChI=1S/C23H30N2O3/c1-4-28-22-20(7-5-9-21(22)27-3)16-25(2)23(26)18-12-10-17(11-13-18)19-8-6-14-24-15-19/h5,7,9-13,19,24H,4,6,8,14-16H2,1-3H3. The van der Waals surface area contributed by atoms with E-state index in [1.165, 1.54) is 18.4 Å². The van der Waals surface area contributed by atoms with Gasteiger partial charge in [0.25, 0.3) is 5.91 Å². The zero-order valence-corrected chi connectivity index (χ0v) is 17.0. The smallest absolute Gasteiger partial charge is 0.253 e. The van der Waals surface area contributed by atoms with Gasteiger partial charge in [0.05, 0.1) is 13.7 Å². The molecule has 2 aromatic carbocycles. The summed E-state index contributed by atoms with van der Waals surface area (Å²) < 4.78 is 11.2. The first-order chi connectivity index (χ1) is 13.6. The number of methoxy groups -OCH3 is 1. The molecular weight excluding hydrogens is 352 g/mol. The van der Waals surface area contributed by atoms with Gasteiger partial charge in [0, 0.05) is 31.3 Å². The first kappa shape index (κ1) is 20.2. The highest BCUT2D eigenvalue weighted by atomic mass is 16.5. The van der Waals surface area contributed by atoms with E-state index in [0.717, 1.165) is 18.7 Å². The molecule has 1 fully saturated rings. The number of piperidine rings is 1. The minimum Gasteiger partial charge on any atom is -0.493 e. The number of carbonyl (C=O) groups excluding carboxylic acids is 1. The lowest BCUT2D eigenvalue weighted by molar-refractivity contribution is 0.0783. The summed E-state index contributed by atoms with van der Waals surface area (Å²) in [5, 5.41) is 3.44. The maximum Gasteiger partial charge on any atom is 0.253 e. The molecule has 5 nitrogen and oxygen atoms in total. The highest BCUT2D eigenvalue weighted by Crippen LogP contribution is 2.32. The Balaban J connectivity index is 1.71. The van der Waals surface area contributed by atoms with E-state index >= 15 is 0 Å². The topological polar surface area (TPSA) is 50.8 Å². The third kappa shape index (κ3) is 4.65. The zero-order chi connectivity index (χ0) is 19.9. The van der Waals surface area contributed by atoms with E-state index in [1.54, 1.807) is 12.0 Å². The zero-order valence-electron chi connectivity index (χ0n) is 17.0. The molecule has 1 atom stereocenters. The molecule has 0 saturated carbocycles. The van der Waals surface area contributed by atoms with E-state index in [2.05, 4.69) is 17.4 Å². The molecule has 1 N–H and O–H groups in total. The predicted molar refractivity (Wildman–Crippen MR) is 111 cm³/mol. The Bertz CT molecular complexity index is 783. The van der Waals surface area contributed by atoms with E-state index in [9.17, 15) is 4.79 Å². The molecule has 1 aliphatic heterocycles. The Morgan fingerprint density at radius 3 is 2.64 bits per heavy atom. The highest BCUT2D eigenvalue weighted by Gasteiger charge is 2.18. The van der Waals surface area contributed by atoms with Gasteiger partial charge in [-0.2, -0.15) is 0 Å². The second-order valence-corrected chi connectivity index (χ2v) is 7.21. The van der Waals surface area contributed by atoms with Crippen LogP contribution in [0, 0.1) is 0 Å². The highest BCUT2D eigenvalue weighted by molar-refractivity contribution is 5.94. The summed E-state index contributed by atoms with van der Waals surface area (Å²) in [7, 11) is 3.44. The van der Waals surface area contributed by atoms with Gasteiger partial charge in [-0.05, 0) is 56.0 Å². The van der Waals surface area contributed by atoms with Crippen molar-refractivity contribution in [2.75, 3.05) is 33.9 Å². The van der Waals surface area contributed by atoms with Gasteiger partial charge in [0.15, 0.2) is 11.5 Å². The van der Waals surface area contributed by atoms with Gasteiger partial charge in [0.2, 0.25) is 0 Å². The fraction of sp³-hybridized carbons (Fsp3) is 0.435. The Morgan fingerprint density at radius 2 is 2.00 bits per heavy atom. The van der Waals surface area contributed by atoms with Gasteiger partial charge in [-0.25, -0.2) is 0 Å². The van der Waals surface area contributed by atoms with Crippen LogP contribution in [0.2, 0.25) is 0 Å². The van der Waals surface area contributed by atoms with Crippen LogP contribution < -0.4 is 14.8 Å². The minimum atomic E-state index is -0.00131. The molecule has 2 aromatic rings. The van der Waals surface area contributed by atoms with E-state index in [4.69, 9.17) is 9.47 Å². The Labute approximate surface area is 167 Å². The number of ether oxygens (including phenoxy) is 2. The average Bonchev–Trinajstić information content (AvgIpc) is 2.75. The molecule has 0 radical (unpaired) electrons. The summed E-state index contributed by atoms with van der Waals surface area (Å²) in [5.74, 6) is 1.93. The maximum absolute atomic E-state index is 12.9. The van der Waals surface area contributed by atoms with Crippen LogP contribution in [-0.4, -0.2) is 44.7 Å². The van der Waals surface area contributed by atoms with E-state index in [1.807, 2.05) is 44.3 Å². The number of carbonyl (C=O) groups is 1. The third-order valence-corrected chi connectivity index (χ3v) is 5.25. The quantitative estimate of drug-likeness (QED) is 0.791. The maximum atomic E-state index is 12.9. The number of rotatable bonds is 7. The van der Waals surface area contributed by atoms with Crippen molar-refractivity contribution in [1.82, 2.24) is 10.2 Å². The molecule has 1 saturated heterocycles. The molecule has 5 heteroatoms. The van der Waals surface area contributed by atoms with E-state index in [-0.39, 0.29) is 5.91 Å². The van der Waals surface area contributed by atoms with Crippen LogP contribution in [-0.2, 0) is 6.54 Å². The lowest BCUT2D eigenvalue weighted by Crippen LogP contribution is -2.28. The van der Waals surface area contributed by atoms with Crippen molar-refractivity contribution >= 4 is 5.91 Å². The number of para-hydroxylation sites is 1. The van der Waals surface area contributed by atoms with Crippen LogP contribution in [0.5, 0.6) is 11.5 Å². The summed E-state index contributed by atoms with van der Waals surface area (Å²) in [6.07, 6.45) is 2.41. The second-order valence-electron chi connectivity index (χ2n) is 7.21. The Morgan fingerprint density at radius 1 is 1.21 bits per heavy atom. The van der Waals surface area contributed by atoms with Gasteiger partial charge >= 0.3 is 0 Å². The van der Waals surface area contributed by atoms with Gasteiger partial charge in [-0.3, -0.25) is 4.79 Å². The van der Waals surface area contributed by atoms with E-state index < -0.39 is 0 Å². The molecular formula is C23H30N2O3. The molecule has 0 aromatic heterocycles. The fourth-order valence-corrected chi connectivity index (χ4v) is 3.74. The molecule has 1 amide bonds. The number of benzene rings is 2. The monoisotopic (exact) mass is 382 g/mol. The van der Waals surface area contributed by atoms with Crippen LogP contribution >= 0.6 is 0 Å². The molecule has 0 aliphatic carbocycles. The molecule has 3 rings (SSSR count). The van der Waals surface area contributed by atoms with Crippen LogP contribution in [0.4, 0.5) is 0 Å². The average molecular weight is 383 g/mol. The van der Waals surface area contributed by atoms with Gasteiger partial charge < -0.3 is 19.7 Å². The van der Waals surface area contributed by atoms with Crippen LogP contribution in [0.15, 0.2) is 42.5 Å². The predicted octanol–water partition coefficient (Wildman–Crippen LogP) is 3.83. The molecule has 1 aliphatic rings. The van der Waals surface area contributed by atoms with Gasteiger partial charge in [0.1, 0.15) is 0 Å². The number of nitrogens with one attached hydrogen (secondary N) is 1. The first-order valence-corrected chi connectivity index (χ1v) is 9.98. The first-order valence-electron chi connectivity index (χ1n) is 9.98. The van der Waals surface area contributed by atoms with Crippen molar-refractivity contribution in [3.8, 4) is 11.5 Å². The van der Waals surface area contributed by atoms with Crippen LogP contribution in [0.1, 0.15) is 47.2 Å². The summed E-state index contributed by atoms with van der Waals surface area (Å²) in [6.45, 7) is 5.06. The molecule has 1 unspecified atom stereocenters. The number of hydrogen-bond donors (Lipinski definition) is 1. The summed E-state index contributed by atoms with van der Waals surface area (Å²) in [4.78, 5) is 14.6. The van der Waals surface area contributed by atoms with Crippen molar-refractivity contribution in [2.45, 2.75) is 32.2 Å². The number of nitrogens with zero attached hydrogens (tertiary/aromatic N) is 1. The normalized spacial score (nSPS) is 16.5. The van der Waals surface area contributed by atoms with Crippen molar-refractivity contribution in [2.24, 2.45) is 0 Å². The van der Waals surface area contributed by atoms with Crippen LogP contribution in [0.3, 0.4) is 0 Å². The molecule has 1 heterocycles.